The molecule has 1 N–H and O–H groups in total. The monoisotopic (exact) mass is 389 g/mol. The highest BCUT2D eigenvalue weighted by Crippen LogP contribution is 2.23. The Labute approximate surface area is 160 Å². The predicted octanol–water partition coefficient (Wildman–Crippen LogP) is 2.62. The fourth-order valence-corrected chi connectivity index (χ4v) is 3.40. The number of hydrogen-bond acceptors (Lipinski definition) is 4. The number of hydrogen-bond donors (Lipinski definition) is 1. The Morgan fingerprint density at radius 1 is 1.14 bits per heavy atom. The highest BCUT2D eigenvalue weighted by molar-refractivity contribution is 5.97. The summed E-state index contributed by atoms with van der Waals surface area (Å²) in [5, 5.41) is 2.91. The molecule has 0 atom stereocenters. The average Bonchev–Trinajstić information content (AvgIpc) is 3.27. The van der Waals surface area contributed by atoms with E-state index < -0.39 is 11.6 Å². The number of rotatable bonds is 6. The second-order valence-electron chi connectivity index (χ2n) is 6.73. The van der Waals surface area contributed by atoms with Gasteiger partial charge in [0, 0.05) is 49.9 Å². The lowest BCUT2D eigenvalue weighted by molar-refractivity contribution is 0.0383. The second kappa shape index (κ2) is 8.12. The summed E-state index contributed by atoms with van der Waals surface area (Å²) in [5.74, 6) is -1.55. The fourth-order valence-electron chi connectivity index (χ4n) is 3.40. The zero-order valence-corrected chi connectivity index (χ0v) is 15.3. The molecule has 148 valence electrons. The van der Waals surface area contributed by atoms with E-state index >= 15 is 0 Å². The van der Waals surface area contributed by atoms with E-state index in [0.717, 1.165) is 25.7 Å². The van der Waals surface area contributed by atoms with Gasteiger partial charge in [-0.2, -0.15) is 0 Å². The van der Waals surface area contributed by atoms with Crippen LogP contribution in [0.4, 0.5) is 8.78 Å². The van der Waals surface area contributed by atoms with E-state index in [1.54, 1.807) is 16.7 Å². The molecule has 0 spiro atoms. The number of carbonyl (C=O) groups is 1. The van der Waals surface area contributed by atoms with Gasteiger partial charge < -0.3 is 19.0 Å². The van der Waals surface area contributed by atoms with E-state index in [1.165, 1.54) is 18.4 Å². The first-order valence-electron chi connectivity index (χ1n) is 9.21. The molecule has 1 fully saturated rings. The molecular weight excluding hydrogens is 368 g/mol. The maximum atomic E-state index is 14.1. The molecule has 0 aliphatic carbocycles. The Hall–Kier alpha value is -2.71. The molecule has 0 bridgehead atoms. The van der Waals surface area contributed by atoms with Crippen molar-refractivity contribution in [3.05, 3.63) is 59.5 Å². The Kier molecular flexibility index (Phi) is 5.40. The van der Waals surface area contributed by atoms with Gasteiger partial charge in [-0.1, -0.05) is 6.07 Å². The number of carbonyl (C=O) groups excluding carboxylic acids is 1. The SMILES string of the molecule is O=C(NCCN1CCOCC1)c1cc2occc2n1Cc1ccc(F)cc1F. The Morgan fingerprint density at radius 2 is 1.96 bits per heavy atom. The lowest BCUT2D eigenvalue weighted by Crippen LogP contribution is -2.41. The molecule has 8 heteroatoms. The van der Waals surface area contributed by atoms with Crippen LogP contribution >= 0.6 is 0 Å². The van der Waals surface area contributed by atoms with Crippen LogP contribution in [0, 0.1) is 11.6 Å². The summed E-state index contributed by atoms with van der Waals surface area (Å²) >= 11 is 0. The minimum absolute atomic E-state index is 0.0986. The largest absolute Gasteiger partial charge is 0.463 e. The molecule has 3 heterocycles. The van der Waals surface area contributed by atoms with Crippen LogP contribution in [0.3, 0.4) is 0 Å². The van der Waals surface area contributed by atoms with Crippen molar-refractivity contribution >= 4 is 17.0 Å². The number of benzene rings is 1. The first kappa shape index (κ1) is 18.6. The summed E-state index contributed by atoms with van der Waals surface area (Å²) in [6.45, 7) is 4.44. The normalized spacial score (nSPS) is 15.2. The van der Waals surface area contributed by atoms with Gasteiger partial charge in [0.15, 0.2) is 5.58 Å². The number of furan rings is 1. The van der Waals surface area contributed by atoms with E-state index in [1.807, 2.05) is 0 Å². The molecule has 1 aromatic carbocycles. The molecule has 0 radical (unpaired) electrons. The summed E-state index contributed by atoms with van der Waals surface area (Å²) in [5.41, 5.74) is 1.89. The second-order valence-corrected chi connectivity index (χ2v) is 6.73. The summed E-state index contributed by atoms with van der Waals surface area (Å²) in [6, 6.07) is 6.79. The van der Waals surface area contributed by atoms with Gasteiger partial charge >= 0.3 is 0 Å². The van der Waals surface area contributed by atoms with Crippen molar-refractivity contribution in [3.8, 4) is 0 Å². The molecule has 1 amide bonds. The number of nitrogens with zero attached hydrogens (tertiary/aromatic N) is 2. The molecule has 1 aliphatic rings. The minimum atomic E-state index is -0.649. The van der Waals surface area contributed by atoms with Gasteiger partial charge in [0.05, 0.1) is 31.5 Å². The van der Waals surface area contributed by atoms with Gasteiger partial charge in [0.25, 0.3) is 5.91 Å². The fraction of sp³-hybridized carbons (Fsp3) is 0.350. The number of halogens is 2. The summed E-state index contributed by atoms with van der Waals surface area (Å²) < 4.78 is 39.7. The molecule has 1 aliphatic heterocycles. The Bertz CT molecular complexity index is 976. The zero-order chi connectivity index (χ0) is 19.5. The Morgan fingerprint density at radius 3 is 2.75 bits per heavy atom. The first-order chi connectivity index (χ1) is 13.6. The lowest BCUT2D eigenvalue weighted by Gasteiger charge is -2.26. The van der Waals surface area contributed by atoms with Gasteiger partial charge in [0.1, 0.15) is 17.3 Å². The van der Waals surface area contributed by atoms with E-state index in [9.17, 15) is 13.6 Å². The number of ether oxygens (including phenoxy) is 1. The maximum Gasteiger partial charge on any atom is 0.268 e. The van der Waals surface area contributed by atoms with Crippen LogP contribution in [0.1, 0.15) is 16.1 Å². The molecule has 6 nitrogen and oxygen atoms in total. The Balaban J connectivity index is 1.50. The highest BCUT2D eigenvalue weighted by atomic mass is 19.1. The third-order valence-corrected chi connectivity index (χ3v) is 4.92. The van der Waals surface area contributed by atoms with Crippen molar-refractivity contribution in [1.29, 1.82) is 0 Å². The number of morpholine rings is 1. The van der Waals surface area contributed by atoms with Gasteiger partial charge in [-0.3, -0.25) is 9.69 Å². The van der Waals surface area contributed by atoms with Gasteiger partial charge in [-0.05, 0) is 6.07 Å². The molecule has 3 aromatic rings. The summed E-state index contributed by atoms with van der Waals surface area (Å²) in [7, 11) is 0. The topological polar surface area (TPSA) is 59.6 Å². The van der Waals surface area contributed by atoms with Crippen molar-refractivity contribution < 1.29 is 22.7 Å². The first-order valence-corrected chi connectivity index (χ1v) is 9.21. The lowest BCUT2D eigenvalue weighted by atomic mass is 10.2. The zero-order valence-electron chi connectivity index (χ0n) is 15.3. The summed E-state index contributed by atoms with van der Waals surface area (Å²) in [6.07, 6.45) is 1.52. The molecule has 0 saturated carbocycles. The van der Waals surface area contributed by atoms with Crippen LogP contribution in [0.25, 0.3) is 11.1 Å². The quantitative estimate of drug-likeness (QED) is 0.704. The molecule has 2 aromatic heterocycles. The molecule has 4 rings (SSSR count). The third-order valence-electron chi connectivity index (χ3n) is 4.92. The number of nitrogens with one attached hydrogen (secondary N) is 1. The third kappa shape index (κ3) is 3.93. The van der Waals surface area contributed by atoms with Gasteiger partial charge in [-0.15, -0.1) is 0 Å². The van der Waals surface area contributed by atoms with Crippen molar-refractivity contribution in [2.75, 3.05) is 39.4 Å². The van der Waals surface area contributed by atoms with Crippen LogP contribution < -0.4 is 5.32 Å². The van der Waals surface area contributed by atoms with Crippen LogP contribution in [0.2, 0.25) is 0 Å². The molecule has 28 heavy (non-hydrogen) atoms. The molecule has 1 saturated heterocycles. The van der Waals surface area contributed by atoms with Crippen LogP contribution in [0.5, 0.6) is 0 Å². The van der Waals surface area contributed by atoms with E-state index in [4.69, 9.17) is 9.15 Å². The van der Waals surface area contributed by atoms with Crippen molar-refractivity contribution in [1.82, 2.24) is 14.8 Å². The average molecular weight is 389 g/mol. The highest BCUT2D eigenvalue weighted by Gasteiger charge is 2.19. The van der Waals surface area contributed by atoms with Crippen molar-refractivity contribution in [2.45, 2.75) is 6.54 Å². The van der Waals surface area contributed by atoms with Crippen LogP contribution in [0.15, 0.2) is 41.0 Å². The number of aromatic nitrogens is 1. The molecule has 0 unspecified atom stereocenters. The number of fused-ring (bicyclic) bond motifs is 1. The van der Waals surface area contributed by atoms with Gasteiger partial charge in [0.2, 0.25) is 0 Å². The number of amides is 1. The van der Waals surface area contributed by atoms with Crippen molar-refractivity contribution in [3.63, 3.8) is 0 Å². The van der Waals surface area contributed by atoms with E-state index in [0.29, 0.717) is 42.1 Å². The predicted molar refractivity (Wildman–Crippen MR) is 99.3 cm³/mol. The smallest absolute Gasteiger partial charge is 0.268 e. The van der Waals surface area contributed by atoms with Gasteiger partial charge in [-0.25, -0.2) is 8.78 Å². The van der Waals surface area contributed by atoms with E-state index in [2.05, 4.69) is 10.2 Å². The van der Waals surface area contributed by atoms with Crippen molar-refractivity contribution in [2.24, 2.45) is 0 Å². The minimum Gasteiger partial charge on any atom is -0.463 e. The van der Waals surface area contributed by atoms with Crippen LogP contribution in [-0.2, 0) is 11.3 Å². The van der Waals surface area contributed by atoms with E-state index in [-0.39, 0.29) is 12.5 Å². The van der Waals surface area contributed by atoms with Crippen LogP contribution in [-0.4, -0.2) is 54.8 Å². The maximum absolute atomic E-state index is 14.1. The summed E-state index contributed by atoms with van der Waals surface area (Å²) in [4.78, 5) is 15.0. The molecular formula is C20H21F2N3O3. The standard InChI is InChI=1S/C20H21F2N3O3/c21-15-2-1-14(16(22)11-15)13-25-17-3-8-28-19(17)12-18(25)20(26)23-4-5-24-6-9-27-10-7-24/h1-3,8,11-12H,4-7,9-10,13H2,(H,23,26).